The van der Waals surface area contributed by atoms with E-state index in [0.29, 0.717) is 13.0 Å². The van der Waals surface area contributed by atoms with Crippen molar-refractivity contribution >= 4 is 17.0 Å². The number of hydrogen-bond donors (Lipinski definition) is 2. The quantitative estimate of drug-likeness (QED) is 0.482. The molecule has 1 aliphatic carbocycles. The molecule has 0 amide bonds. The Kier molecular flexibility index (Phi) is 4.99. The van der Waals surface area contributed by atoms with E-state index in [4.69, 9.17) is 0 Å². The minimum atomic E-state index is -0.413. The predicted molar refractivity (Wildman–Crippen MR) is 117 cm³/mol. The van der Waals surface area contributed by atoms with Crippen LogP contribution in [-0.2, 0) is 0 Å². The molecule has 2 atom stereocenters. The van der Waals surface area contributed by atoms with Crippen molar-refractivity contribution in [2.24, 2.45) is 0 Å². The van der Waals surface area contributed by atoms with Crippen molar-refractivity contribution in [1.82, 2.24) is 19.5 Å². The number of anilines is 1. The summed E-state index contributed by atoms with van der Waals surface area (Å²) in [4.78, 5) is 13.5. The van der Waals surface area contributed by atoms with Crippen molar-refractivity contribution in [2.45, 2.75) is 24.5 Å². The van der Waals surface area contributed by atoms with Crippen LogP contribution in [0.1, 0.15) is 29.5 Å². The molecule has 2 heterocycles. The van der Waals surface area contributed by atoms with Gasteiger partial charge in [0.1, 0.15) is 11.8 Å². The molecule has 30 heavy (non-hydrogen) atoms. The van der Waals surface area contributed by atoms with Crippen molar-refractivity contribution in [3.8, 4) is 0 Å². The second-order valence-corrected chi connectivity index (χ2v) is 7.56. The van der Waals surface area contributed by atoms with Gasteiger partial charge in [0, 0.05) is 18.9 Å². The van der Waals surface area contributed by atoms with Crippen LogP contribution in [0.25, 0.3) is 11.2 Å². The molecule has 6 heteroatoms. The zero-order valence-corrected chi connectivity index (χ0v) is 16.5. The van der Waals surface area contributed by atoms with Crippen LogP contribution in [0.2, 0.25) is 0 Å². The van der Waals surface area contributed by atoms with Crippen molar-refractivity contribution in [3.63, 3.8) is 0 Å². The molecule has 4 aromatic rings. The lowest BCUT2D eigenvalue weighted by Gasteiger charge is -2.19. The highest BCUT2D eigenvalue weighted by Gasteiger charge is 2.22. The summed E-state index contributed by atoms with van der Waals surface area (Å²) in [7, 11) is 0. The summed E-state index contributed by atoms with van der Waals surface area (Å²) in [5, 5.41) is 13.3. The fraction of sp³-hybridized carbons (Fsp3) is 0.208. The molecule has 0 saturated carbocycles. The van der Waals surface area contributed by atoms with Crippen LogP contribution in [0, 0.1) is 0 Å². The maximum absolute atomic E-state index is 9.82. The van der Waals surface area contributed by atoms with Gasteiger partial charge in [0.15, 0.2) is 11.5 Å². The summed E-state index contributed by atoms with van der Waals surface area (Å²) in [6, 6.07) is 21.0. The zero-order valence-electron chi connectivity index (χ0n) is 16.5. The number of aromatic nitrogens is 4. The number of benzene rings is 2. The highest BCUT2D eigenvalue weighted by Crippen LogP contribution is 2.29. The normalized spacial score (nSPS) is 18.3. The maximum Gasteiger partial charge on any atom is 0.165 e. The first kappa shape index (κ1) is 18.5. The molecule has 5 rings (SSSR count). The molecule has 0 radical (unpaired) electrons. The van der Waals surface area contributed by atoms with E-state index in [0.717, 1.165) is 17.0 Å². The lowest BCUT2D eigenvalue weighted by Crippen LogP contribution is -2.15. The van der Waals surface area contributed by atoms with Crippen LogP contribution in [0.5, 0.6) is 0 Å². The van der Waals surface area contributed by atoms with Gasteiger partial charge in [-0.25, -0.2) is 15.0 Å². The first-order valence-corrected chi connectivity index (χ1v) is 10.2. The Hall–Kier alpha value is -3.51. The zero-order chi connectivity index (χ0) is 20.3. The number of nitrogens with zero attached hydrogens (tertiary/aromatic N) is 4. The first-order valence-electron chi connectivity index (χ1n) is 10.2. The summed E-state index contributed by atoms with van der Waals surface area (Å²) in [6.45, 7) is 0.690. The number of fused-ring (bicyclic) bond motifs is 1. The van der Waals surface area contributed by atoms with Crippen molar-refractivity contribution in [1.29, 1.82) is 0 Å². The van der Waals surface area contributed by atoms with E-state index in [1.54, 1.807) is 12.7 Å². The Morgan fingerprint density at radius 3 is 2.27 bits per heavy atom. The molecule has 2 aromatic heterocycles. The third-order valence-electron chi connectivity index (χ3n) is 5.63. The van der Waals surface area contributed by atoms with E-state index in [1.165, 1.54) is 11.1 Å². The van der Waals surface area contributed by atoms with Gasteiger partial charge in [-0.2, -0.15) is 0 Å². The third-order valence-corrected chi connectivity index (χ3v) is 5.63. The molecule has 6 nitrogen and oxygen atoms in total. The molecule has 0 aliphatic heterocycles. The number of aliphatic hydroxyl groups excluding tert-OH is 1. The van der Waals surface area contributed by atoms with Gasteiger partial charge < -0.3 is 15.0 Å². The molecule has 0 spiro atoms. The number of allylic oxidation sites excluding steroid dienone is 1. The predicted octanol–water partition coefficient (Wildman–Crippen LogP) is 3.93. The largest absolute Gasteiger partial charge is 0.389 e. The lowest BCUT2D eigenvalue weighted by atomic mass is 9.91. The second-order valence-electron chi connectivity index (χ2n) is 7.56. The van der Waals surface area contributed by atoms with Gasteiger partial charge in [-0.05, 0) is 11.1 Å². The highest BCUT2D eigenvalue weighted by molar-refractivity contribution is 5.82. The van der Waals surface area contributed by atoms with Gasteiger partial charge in [-0.3, -0.25) is 0 Å². The molecule has 0 saturated heterocycles. The van der Waals surface area contributed by atoms with E-state index in [1.807, 2.05) is 28.9 Å². The van der Waals surface area contributed by atoms with E-state index in [9.17, 15) is 5.11 Å². The monoisotopic (exact) mass is 397 g/mol. The van der Waals surface area contributed by atoms with Crippen LogP contribution in [0.4, 0.5) is 5.82 Å². The van der Waals surface area contributed by atoms with Gasteiger partial charge >= 0.3 is 0 Å². The molecule has 0 fully saturated rings. The summed E-state index contributed by atoms with van der Waals surface area (Å²) in [5.41, 5.74) is 4.01. The molecule has 2 unspecified atom stereocenters. The van der Waals surface area contributed by atoms with Crippen molar-refractivity contribution in [3.05, 3.63) is 96.6 Å². The van der Waals surface area contributed by atoms with Gasteiger partial charge in [0.25, 0.3) is 0 Å². The molecule has 150 valence electrons. The van der Waals surface area contributed by atoms with E-state index >= 15 is 0 Å². The molecular formula is C24H23N5O. The van der Waals surface area contributed by atoms with Crippen LogP contribution < -0.4 is 5.32 Å². The van der Waals surface area contributed by atoms with Crippen LogP contribution in [0.15, 0.2) is 85.5 Å². The van der Waals surface area contributed by atoms with E-state index in [2.05, 4.69) is 68.8 Å². The lowest BCUT2D eigenvalue weighted by molar-refractivity contribution is 0.211. The fourth-order valence-electron chi connectivity index (χ4n) is 4.09. The Balaban J connectivity index is 1.43. The number of nitrogens with one attached hydrogen (secondary N) is 1. The van der Waals surface area contributed by atoms with Crippen molar-refractivity contribution in [2.75, 3.05) is 11.9 Å². The molecule has 1 aliphatic rings. The Morgan fingerprint density at radius 1 is 0.933 bits per heavy atom. The Labute approximate surface area is 175 Å². The number of hydrogen-bond acceptors (Lipinski definition) is 5. The van der Waals surface area contributed by atoms with Gasteiger partial charge in [0.05, 0.1) is 18.5 Å². The number of imidazole rings is 1. The van der Waals surface area contributed by atoms with Crippen LogP contribution in [0.3, 0.4) is 0 Å². The van der Waals surface area contributed by atoms with Crippen LogP contribution >= 0.6 is 0 Å². The number of rotatable bonds is 6. The average Bonchev–Trinajstić information content (AvgIpc) is 3.42. The average molecular weight is 397 g/mol. The van der Waals surface area contributed by atoms with Crippen LogP contribution in [-0.4, -0.2) is 37.3 Å². The van der Waals surface area contributed by atoms with Gasteiger partial charge in [0.2, 0.25) is 0 Å². The topological polar surface area (TPSA) is 75.9 Å². The highest BCUT2D eigenvalue weighted by atomic mass is 16.3. The van der Waals surface area contributed by atoms with Gasteiger partial charge in [-0.1, -0.05) is 72.8 Å². The molecular weight excluding hydrogens is 374 g/mol. The molecule has 2 aromatic carbocycles. The van der Waals surface area contributed by atoms with Crippen molar-refractivity contribution < 1.29 is 5.11 Å². The first-order chi connectivity index (χ1) is 14.8. The van der Waals surface area contributed by atoms with Gasteiger partial charge in [-0.15, -0.1) is 0 Å². The smallest absolute Gasteiger partial charge is 0.165 e. The summed E-state index contributed by atoms with van der Waals surface area (Å²) in [5.74, 6) is 0.908. The minimum absolute atomic E-state index is 0.0640. The SMILES string of the molecule is OC1C=CC(n2cnc3c(NCC(c4ccccc4)c4ccccc4)ncnc32)C1. The Bertz CT molecular complexity index is 1120. The fourth-order valence-corrected chi connectivity index (χ4v) is 4.09. The Morgan fingerprint density at radius 2 is 1.63 bits per heavy atom. The summed E-state index contributed by atoms with van der Waals surface area (Å²) in [6.07, 6.45) is 7.40. The third kappa shape index (κ3) is 3.57. The molecule has 0 bridgehead atoms. The minimum Gasteiger partial charge on any atom is -0.389 e. The molecule has 2 N–H and O–H groups in total. The standard InChI is InChI=1S/C24H23N5O/c30-20-12-11-19(13-20)29-16-28-22-23(26-15-27-24(22)29)25-14-21(17-7-3-1-4-8-17)18-9-5-2-6-10-18/h1-12,15-16,19-21,30H,13-14H2,(H,25,26,27). The number of aliphatic hydroxyl groups is 1. The summed E-state index contributed by atoms with van der Waals surface area (Å²) < 4.78 is 2.00. The summed E-state index contributed by atoms with van der Waals surface area (Å²) >= 11 is 0. The van der Waals surface area contributed by atoms with E-state index < -0.39 is 6.10 Å². The second kappa shape index (κ2) is 8.08. The van der Waals surface area contributed by atoms with E-state index in [-0.39, 0.29) is 12.0 Å². The maximum atomic E-state index is 9.82.